The van der Waals surface area contributed by atoms with Crippen LogP contribution in [0.25, 0.3) is 0 Å². The highest BCUT2D eigenvalue weighted by atomic mass is 16.5. The lowest BCUT2D eigenvalue weighted by Gasteiger charge is -2.07. The zero-order valence-corrected chi connectivity index (χ0v) is 14.8. The van der Waals surface area contributed by atoms with Gasteiger partial charge in [0.25, 0.3) is 0 Å². The summed E-state index contributed by atoms with van der Waals surface area (Å²) >= 11 is 0. The number of ether oxygens (including phenoxy) is 1. The van der Waals surface area contributed by atoms with Gasteiger partial charge in [-0.05, 0) is 31.8 Å². The average Bonchev–Trinajstić information content (AvgIpc) is 2.56. The van der Waals surface area contributed by atoms with Gasteiger partial charge in [-0.25, -0.2) is 0 Å². The third kappa shape index (κ3) is 17.5. The Balaban J connectivity index is 3.32. The van der Waals surface area contributed by atoms with Crippen molar-refractivity contribution < 1.29 is 19.7 Å². The number of allylic oxidation sites excluding steroid dienone is 2. The van der Waals surface area contributed by atoms with E-state index in [4.69, 9.17) is 14.9 Å². The molecule has 4 nitrogen and oxygen atoms in total. The molecule has 0 aliphatic heterocycles. The van der Waals surface area contributed by atoms with Crippen molar-refractivity contribution in [3.63, 3.8) is 0 Å². The maximum atomic E-state index is 11.6. The third-order valence-electron chi connectivity index (χ3n) is 3.76. The smallest absolute Gasteiger partial charge is 0.155 e. The van der Waals surface area contributed by atoms with Gasteiger partial charge in [-0.1, -0.05) is 51.5 Å². The second kappa shape index (κ2) is 17.6. The van der Waals surface area contributed by atoms with Gasteiger partial charge in [0.05, 0.1) is 13.2 Å². The molecule has 0 aliphatic carbocycles. The lowest BCUT2D eigenvalue weighted by atomic mass is 10.1. The van der Waals surface area contributed by atoms with Crippen molar-refractivity contribution in [3.05, 3.63) is 12.2 Å². The molecule has 4 heteroatoms. The standard InChI is InChI=1S/C19H36O4/c1-2-3-4-5-6-7-8-9-10-13-18(21)14-11-12-15-23-17-19(22)16-20/h10,13,19-20,22H,2-9,11-12,14-17H2,1H3/b13-10+/t19-/m0/s1. The molecule has 0 rings (SSSR count). The van der Waals surface area contributed by atoms with Crippen LogP contribution in [0.3, 0.4) is 0 Å². The van der Waals surface area contributed by atoms with E-state index in [9.17, 15) is 4.79 Å². The summed E-state index contributed by atoms with van der Waals surface area (Å²) in [6.45, 7) is 2.63. The fourth-order valence-electron chi connectivity index (χ4n) is 2.29. The topological polar surface area (TPSA) is 66.8 Å². The second-order valence-electron chi connectivity index (χ2n) is 6.15. The van der Waals surface area contributed by atoms with Crippen molar-refractivity contribution in [3.8, 4) is 0 Å². The first kappa shape index (κ1) is 22.3. The summed E-state index contributed by atoms with van der Waals surface area (Å²) in [5.74, 6) is 0.184. The monoisotopic (exact) mass is 328 g/mol. The van der Waals surface area contributed by atoms with Crippen LogP contribution in [0.5, 0.6) is 0 Å². The molecule has 0 spiro atoms. The van der Waals surface area contributed by atoms with Gasteiger partial charge in [0.1, 0.15) is 6.10 Å². The number of hydrogen-bond donors (Lipinski definition) is 2. The minimum Gasteiger partial charge on any atom is -0.394 e. The molecular formula is C19H36O4. The molecule has 0 heterocycles. The summed E-state index contributed by atoms with van der Waals surface area (Å²) in [6.07, 6.45) is 15.2. The predicted octanol–water partition coefficient (Wildman–Crippen LogP) is 3.79. The minimum absolute atomic E-state index is 0.156. The summed E-state index contributed by atoms with van der Waals surface area (Å²) in [5, 5.41) is 17.7. The highest BCUT2D eigenvalue weighted by Gasteiger charge is 2.01. The molecule has 0 saturated carbocycles. The van der Waals surface area contributed by atoms with E-state index in [1.54, 1.807) is 6.08 Å². The Hall–Kier alpha value is -0.710. The maximum absolute atomic E-state index is 11.6. The molecule has 0 aromatic carbocycles. The van der Waals surface area contributed by atoms with Gasteiger partial charge < -0.3 is 14.9 Å². The van der Waals surface area contributed by atoms with Gasteiger partial charge in [0, 0.05) is 13.0 Å². The summed E-state index contributed by atoms with van der Waals surface area (Å²) in [5.41, 5.74) is 0. The van der Waals surface area contributed by atoms with Crippen molar-refractivity contribution in [2.45, 2.75) is 83.7 Å². The summed E-state index contributed by atoms with van der Waals surface area (Å²) in [6, 6.07) is 0. The average molecular weight is 328 g/mol. The van der Waals surface area contributed by atoms with E-state index in [1.807, 2.05) is 6.08 Å². The number of carbonyl (C=O) groups excluding carboxylic acids is 1. The Kier molecular flexibility index (Phi) is 17.1. The van der Waals surface area contributed by atoms with Crippen LogP contribution in [-0.4, -0.2) is 41.9 Å². The Morgan fingerprint density at radius 3 is 2.43 bits per heavy atom. The molecule has 23 heavy (non-hydrogen) atoms. The fourth-order valence-corrected chi connectivity index (χ4v) is 2.29. The highest BCUT2D eigenvalue weighted by molar-refractivity contribution is 5.89. The third-order valence-corrected chi connectivity index (χ3v) is 3.76. The van der Waals surface area contributed by atoms with E-state index < -0.39 is 6.10 Å². The van der Waals surface area contributed by atoms with Gasteiger partial charge in [0.15, 0.2) is 5.78 Å². The van der Waals surface area contributed by atoms with Gasteiger partial charge >= 0.3 is 0 Å². The van der Waals surface area contributed by atoms with E-state index in [-0.39, 0.29) is 19.0 Å². The molecule has 2 N–H and O–H groups in total. The van der Waals surface area contributed by atoms with Crippen LogP contribution in [0.4, 0.5) is 0 Å². The summed E-state index contributed by atoms with van der Waals surface area (Å²) < 4.78 is 5.19. The summed E-state index contributed by atoms with van der Waals surface area (Å²) in [4.78, 5) is 11.6. The Morgan fingerprint density at radius 1 is 1.04 bits per heavy atom. The van der Waals surface area contributed by atoms with Crippen molar-refractivity contribution in [1.29, 1.82) is 0 Å². The van der Waals surface area contributed by atoms with E-state index in [2.05, 4.69) is 6.92 Å². The molecule has 0 aromatic rings. The maximum Gasteiger partial charge on any atom is 0.155 e. The van der Waals surface area contributed by atoms with Crippen molar-refractivity contribution >= 4 is 5.78 Å². The number of carbonyl (C=O) groups is 1. The van der Waals surface area contributed by atoms with E-state index in [0.717, 1.165) is 19.3 Å². The molecule has 0 bridgehead atoms. The SMILES string of the molecule is CCCCCCCCC/C=C/C(=O)CCCCOC[C@@H](O)CO. The predicted molar refractivity (Wildman–Crippen MR) is 94.5 cm³/mol. The second-order valence-corrected chi connectivity index (χ2v) is 6.15. The number of aliphatic hydroxyl groups excluding tert-OH is 2. The molecule has 1 atom stereocenters. The lowest BCUT2D eigenvalue weighted by molar-refractivity contribution is -0.114. The van der Waals surface area contributed by atoms with Crippen LogP contribution in [-0.2, 0) is 9.53 Å². The Morgan fingerprint density at radius 2 is 1.74 bits per heavy atom. The highest BCUT2D eigenvalue weighted by Crippen LogP contribution is 2.08. The molecule has 0 aliphatic rings. The fraction of sp³-hybridized carbons (Fsp3) is 0.842. The normalized spacial score (nSPS) is 12.8. The number of hydrogen-bond acceptors (Lipinski definition) is 4. The number of aliphatic hydroxyl groups is 2. The number of unbranched alkanes of at least 4 members (excludes halogenated alkanes) is 8. The molecule has 0 aromatic heterocycles. The van der Waals surface area contributed by atoms with Crippen LogP contribution >= 0.6 is 0 Å². The number of rotatable bonds is 17. The Bertz CT molecular complexity index is 289. The van der Waals surface area contributed by atoms with E-state index in [0.29, 0.717) is 13.0 Å². The minimum atomic E-state index is -0.800. The Labute approximate surface area is 141 Å². The van der Waals surface area contributed by atoms with Crippen LogP contribution in [0.15, 0.2) is 12.2 Å². The van der Waals surface area contributed by atoms with Crippen LogP contribution < -0.4 is 0 Å². The quantitative estimate of drug-likeness (QED) is 0.315. The first-order valence-corrected chi connectivity index (χ1v) is 9.26. The van der Waals surface area contributed by atoms with Gasteiger partial charge in [-0.15, -0.1) is 0 Å². The van der Waals surface area contributed by atoms with Gasteiger partial charge in [0.2, 0.25) is 0 Å². The number of ketones is 1. The van der Waals surface area contributed by atoms with Crippen molar-refractivity contribution in [1.82, 2.24) is 0 Å². The molecule has 0 unspecified atom stereocenters. The van der Waals surface area contributed by atoms with Crippen LogP contribution in [0.2, 0.25) is 0 Å². The molecule has 0 fully saturated rings. The van der Waals surface area contributed by atoms with E-state index in [1.165, 1.54) is 44.9 Å². The van der Waals surface area contributed by atoms with Crippen molar-refractivity contribution in [2.24, 2.45) is 0 Å². The van der Waals surface area contributed by atoms with Gasteiger partial charge in [-0.2, -0.15) is 0 Å². The molecule has 0 saturated heterocycles. The zero-order valence-electron chi connectivity index (χ0n) is 14.8. The molecule has 0 amide bonds. The lowest BCUT2D eigenvalue weighted by Crippen LogP contribution is -2.19. The summed E-state index contributed by atoms with van der Waals surface area (Å²) in [7, 11) is 0. The zero-order chi connectivity index (χ0) is 17.2. The largest absolute Gasteiger partial charge is 0.394 e. The molecular weight excluding hydrogens is 292 g/mol. The molecule has 136 valence electrons. The first-order chi connectivity index (χ1) is 11.2. The first-order valence-electron chi connectivity index (χ1n) is 9.26. The molecule has 0 radical (unpaired) electrons. The van der Waals surface area contributed by atoms with Crippen molar-refractivity contribution in [2.75, 3.05) is 19.8 Å². The van der Waals surface area contributed by atoms with Crippen LogP contribution in [0, 0.1) is 0 Å². The van der Waals surface area contributed by atoms with E-state index >= 15 is 0 Å². The van der Waals surface area contributed by atoms with Crippen LogP contribution in [0.1, 0.15) is 77.6 Å². The van der Waals surface area contributed by atoms with Gasteiger partial charge in [-0.3, -0.25) is 4.79 Å².